The number of carbonyl (C=O) groups excluding carboxylic acids is 1. The van der Waals surface area contributed by atoms with Crippen molar-refractivity contribution < 1.29 is 9.53 Å². The molecule has 0 aromatic heterocycles. The van der Waals surface area contributed by atoms with E-state index in [9.17, 15) is 4.79 Å². The lowest BCUT2D eigenvalue weighted by Gasteiger charge is -2.32. The van der Waals surface area contributed by atoms with Crippen molar-refractivity contribution in [1.82, 2.24) is 0 Å². The molecule has 0 amide bonds. The largest absolute Gasteiger partial charge is 0.465 e. The fraction of sp³-hybridized carbons (Fsp3) is 0.962. The third-order valence-electron chi connectivity index (χ3n) is 6.34. The molecule has 0 spiro atoms. The van der Waals surface area contributed by atoms with E-state index in [4.69, 9.17) is 4.74 Å². The summed E-state index contributed by atoms with van der Waals surface area (Å²) in [5, 5.41) is 0. The molecule has 0 rings (SSSR count). The van der Waals surface area contributed by atoms with Crippen LogP contribution in [0.4, 0.5) is 0 Å². The van der Waals surface area contributed by atoms with Crippen LogP contribution in [0, 0.1) is 11.3 Å². The lowest BCUT2D eigenvalue weighted by Crippen LogP contribution is -2.35. The highest BCUT2D eigenvalue weighted by molar-refractivity contribution is 5.76. The van der Waals surface area contributed by atoms with Gasteiger partial charge in [0.15, 0.2) is 0 Å². The van der Waals surface area contributed by atoms with Gasteiger partial charge in [-0.15, -0.1) is 0 Å². The Morgan fingerprint density at radius 3 is 1.57 bits per heavy atom. The average Bonchev–Trinajstić information content (AvgIpc) is 2.68. The first-order chi connectivity index (χ1) is 13.5. The SMILES string of the molecule is CCCCCCCCCCC(CCCCC)C(C)(C)C(=O)OCCCCCC. The summed E-state index contributed by atoms with van der Waals surface area (Å²) >= 11 is 0. The molecular weight excluding hydrogens is 344 g/mol. The number of ether oxygens (including phenoxy) is 1. The molecule has 0 saturated carbocycles. The Hall–Kier alpha value is -0.530. The van der Waals surface area contributed by atoms with Gasteiger partial charge >= 0.3 is 5.97 Å². The second-order valence-corrected chi connectivity index (χ2v) is 9.37. The highest BCUT2D eigenvalue weighted by atomic mass is 16.5. The van der Waals surface area contributed by atoms with Crippen LogP contribution in [0.3, 0.4) is 0 Å². The molecule has 168 valence electrons. The van der Waals surface area contributed by atoms with Crippen molar-refractivity contribution in [3.05, 3.63) is 0 Å². The van der Waals surface area contributed by atoms with Crippen molar-refractivity contribution in [2.24, 2.45) is 11.3 Å². The van der Waals surface area contributed by atoms with Crippen molar-refractivity contribution in [3.8, 4) is 0 Å². The van der Waals surface area contributed by atoms with E-state index in [1.165, 1.54) is 103 Å². The first-order valence-electron chi connectivity index (χ1n) is 12.7. The van der Waals surface area contributed by atoms with Crippen molar-refractivity contribution in [2.45, 2.75) is 144 Å². The molecule has 0 heterocycles. The molecule has 0 fully saturated rings. The topological polar surface area (TPSA) is 26.3 Å². The van der Waals surface area contributed by atoms with Gasteiger partial charge in [-0.25, -0.2) is 0 Å². The third kappa shape index (κ3) is 13.6. The van der Waals surface area contributed by atoms with Gasteiger partial charge in [0.05, 0.1) is 12.0 Å². The third-order valence-corrected chi connectivity index (χ3v) is 6.34. The zero-order chi connectivity index (χ0) is 21.1. The first kappa shape index (κ1) is 27.5. The molecule has 0 radical (unpaired) electrons. The molecule has 0 saturated heterocycles. The minimum absolute atomic E-state index is 0.0325. The minimum atomic E-state index is -0.348. The van der Waals surface area contributed by atoms with E-state index in [1.54, 1.807) is 0 Å². The van der Waals surface area contributed by atoms with Gasteiger partial charge in [0.2, 0.25) is 0 Å². The maximum Gasteiger partial charge on any atom is 0.311 e. The van der Waals surface area contributed by atoms with Gasteiger partial charge in [0.25, 0.3) is 0 Å². The van der Waals surface area contributed by atoms with Crippen LogP contribution in [0.15, 0.2) is 0 Å². The Kier molecular flexibility index (Phi) is 18.1. The summed E-state index contributed by atoms with van der Waals surface area (Å²) in [5.74, 6) is 0.493. The smallest absolute Gasteiger partial charge is 0.311 e. The van der Waals surface area contributed by atoms with Crippen molar-refractivity contribution >= 4 is 5.97 Å². The lowest BCUT2D eigenvalue weighted by atomic mass is 9.73. The Balaban J connectivity index is 4.34. The Morgan fingerprint density at radius 2 is 1.04 bits per heavy atom. The summed E-state index contributed by atoms with van der Waals surface area (Å²) in [6.45, 7) is 11.6. The molecule has 0 aromatic rings. The Labute approximate surface area is 177 Å². The zero-order valence-corrected chi connectivity index (χ0v) is 20.1. The standard InChI is InChI=1S/C26H52O2/c1-6-9-12-14-15-16-17-19-22-24(21-18-11-8-3)26(4,5)25(27)28-23-20-13-10-7-2/h24H,6-23H2,1-5H3. The maximum absolute atomic E-state index is 12.8. The summed E-state index contributed by atoms with van der Waals surface area (Å²) < 4.78 is 5.68. The van der Waals surface area contributed by atoms with Gasteiger partial charge in [-0.1, -0.05) is 111 Å². The number of rotatable bonds is 20. The summed E-state index contributed by atoms with van der Waals surface area (Å²) in [6.07, 6.45) is 21.5. The van der Waals surface area contributed by atoms with E-state index in [0.29, 0.717) is 12.5 Å². The quantitative estimate of drug-likeness (QED) is 0.152. The van der Waals surface area contributed by atoms with E-state index in [-0.39, 0.29) is 11.4 Å². The monoisotopic (exact) mass is 396 g/mol. The molecule has 0 aliphatic heterocycles. The fourth-order valence-corrected chi connectivity index (χ4v) is 4.08. The number of unbranched alkanes of at least 4 members (excludes halogenated alkanes) is 12. The van der Waals surface area contributed by atoms with Crippen LogP contribution in [0.1, 0.15) is 144 Å². The Bertz CT molecular complexity index is 348. The molecule has 0 bridgehead atoms. The van der Waals surface area contributed by atoms with Crippen molar-refractivity contribution in [1.29, 1.82) is 0 Å². The molecule has 28 heavy (non-hydrogen) atoms. The van der Waals surface area contributed by atoms with Crippen LogP contribution in [0.5, 0.6) is 0 Å². The molecular formula is C26H52O2. The van der Waals surface area contributed by atoms with Gasteiger partial charge in [-0.3, -0.25) is 4.79 Å². The average molecular weight is 397 g/mol. The molecule has 2 nitrogen and oxygen atoms in total. The van der Waals surface area contributed by atoms with Crippen LogP contribution in [-0.4, -0.2) is 12.6 Å². The van der Waals surface area contributed by atoms with E-state index < -0.39 is 0 Å². The van der Waals surface area contributed by atoms with Crippen LogP contribution in [-0.2, 0) is 9.53 Å². The van der Waals surface area contributed by atoms with Gasteiger partial charge < -0.3 is 4.74 Å². The van der Waals surface area contributed by atoms with E-state index in [1.807, 2.05) is 0 Å². The maximum atomic E-state index is 12.8. The van der Waals surface area contributed by atoms with Crippen LogP contribution >= 0.6 is 0 Å². The second-order valence-electron chi connectivity index (χ2n) is 9.37. The molecule has 1 unspecified atom stereocenters. The molecule has 0 aromatic carbocycles. The minimum Gasteiger partial charge on any atom is -0.465 e. The lowest BCUT2D eigenvalue weighted by molar-refractivity contribution is -0.157. The summed E-state index contributed by atoms with van der Waals surface area (Å²) in [6, 6.07) is 0. The second kappa shape index (κ2) is 18.5. The highest BCUT2D eigenvalue weighted by Gasteiger charge is 2.37. The summed E-state index contributed by atoms with van der Waals surface area (Å²) in [5.41, 5.74) is -0.348. The van der Waals surface area contributed by atoms with Crippen molar-refractivity contribution in [2.75, 3.05) is 6.61 Å². The summed E-state index contributed by atoms with van der Waals surface area (Å²) in [4.78, 5) is 12.8. The van der Waals surface area contributed by atoms with Gasteiger partial charge in [-0.05, 0) is 39.0 Å². The molecule has 0 N–H and O–H groups in total. The van der Waals surface area contributed by atoms with Crippen LogP contribution in [0.25, 0.3) is 0 Å². The van der Waals surface area contributed by atoms with E-state index in [0.717, 1.165) is 6.42 Å². The molecule has 0 aliphatic carbocycles. The summed E-state index contributed by atoms with van der Waals surface area (Å²) in [7, 11) is 0. The molecule has 0 aliphatic rings. The normalized spacial score (nSPS) is 12.9. The first-order valence-corrected chi connectivity index (χ1v) is 12.7. The van der Waals surface area contributed by atoms with E-state index >= 15 is 0 Å². The molecule has 2 heteroatoms. The predicted octanol–water partition coefficient (Wildman–Crippen LogP) is 8.86. The fourth-order valence-electron chi connectivity index (χ4n) is 4.08. The highest BCUT2D eigenvalue weighted by Crippen LogP contribution is 2.36. The van der Waals surface area contributed by atoms with Crippen molar-refractivity contribution in [3.63, 3.8) is 0 Å². The Morgan fingerprint density at radius 1 is 0.643 bits per heavy atom. The number of carbonyl (C=O) groups is 1. The van der Waals surface area contributed by atoms with Gasteiger partial charge in [0, 0.05) is 0 Å². The number of hydrogen-bond acceptors (Lipinski definition) is 2. The molecule has 1 atom stereocenters. The predicted molar refractivity (Wildman–Crippen MR) is 124 cm³/mol. The number of esters is 1. The van der Waals surface area contributed by atoms with Crippen LogP contribution < -0.4 is 0 Å². The van der Waals surface area contributed by atoms with E-state index in [2.05, 4.69) is 34.6 Å². The van der Waals surface area contributed by atoms with Gasteiger partial charge in [0.1, 0.15) is 0 Å². The van der Waals surface area contributed by atoms with Crippen LogP contribution in [0.2, 0.25) is 0 Å². The zero-order valence-electron chi connectivity index (χ0n) is 20.1. The van der Waals surface area contributed by atoms with Gasteiger partial charge in [-0.2, -0.15) is 0 Å². The number of hydrogen-bond donors (Lipinski definition) is 0.